The van der Waals surface area contributed by atoms with Gasteiger partial charge in [0.15, 0.2) is 10.8 Å². The van der Waals surface area contributed by atoms with Crippen LogP contribution in [0.5, 0.6) is 0 Å². The van der Waals surface area contributed by atoms with Gasteiger partial charge in [-0.3, -0.25) is 9.88 Å². The highest BCUT2D eigenvalue weighted by Gasteiger charge is 2.15. The third-order valence-corrected chi connectivity index (χ3v) is 7.74. The van der Waals surface area contributed by atoms with Crippen molar-refractivity contribution in [2.75, 3.05) is 18.8 Å². The number of H-pyrrole nitrogens is 1. The molecule has 31 heavy (non-hydrogen) atoms. The van der Waals surface area contributed by atoms with E-state index in [0.717, 1.165) is 59.6 Å². The monoisotopic (exact) mass is 447 g/mol. The molecule has 5 rings (SSSR count). The molecule has 0 unspecified atom stereocenters. The van der Waals surface area contributed by atoms with Crippen LogP contribution in [0.4, 0.5) is 0 Å². The van der Waals surface area contributed by atoms with Crippen molar-refractivity contribution < 1.29 is 0 Å². The predicted molar refractivity (Wildman–Crippen MR) is 129 cm³/mol. The number of nitrogens with one attached hydrogen (secondary N) is 1. The molecule has 1 N–H and O–H groups in total. The summed E-state index contributed by atoms with van der Waals surface area (Å²) in [6, 6.07) is 14.9. The molecule has 5 nitrogen and oxygen atoms in total. The largest absolute Gasteiger partial charge is 0.332 e. The van der Waals surface area contributed by atoms with Crippen LogP contribution in [0.25, 0.3) is 11.2 Å². The van der Waals surface area contributed by atoms with Crippen LogP contribution in [0.2, 0.25) is 0 Å². The number of rotatable bonds is 7. The molecule has 4 heterocycles. The zero-order valence-corrected chi connectivity index (χ0v) is 19.2. The normalized spacial score (nSPS) is 14.1. The second-order valence-corrected chi connectivity index (χ2v) is 9.83. The molecule has 0 fully saturated rings. The molecule has 0 atom stereocenters. The van der Waals surface area contributed by atoms with Gasteiger partial charge < -0.3 is 4.98 Å². The van der Waals surface area contributed by atoms with Crippen LogP contribution < -0.4 is 0 Å². The lowest BCUT2D eigenvalue weighted by atomic mass is 10.0. The third-order valence-electron chi connectivity index (χ3n) is 5.71. The Morgan fingerprint density at radius 1 is 1.00 bits per heavy atom. The fourth-order valence-electron chi connectivity index (χ4n) is 3.92. The summed E-state index contributed by atoms with van der Waals surface area (Å²) in [5.74, 6) is 1.89. The van der Waals surface area contributed by atoms with Gasteiger partial charge in [0.25, 0.3) is 0 Å². The highest BCUT2D eigenvalue weighted by molar-refractivity contribution is 7.99. The number of fused-ring (bicyclic) bond motifs is 2. The Morgan fingerprint density at radius 2 is 1.90 bits per heavy atom. The van der Waals surface area contributed by atoms with Crippen molar-refractivity contribution in [1.82, 2.24) is 24.8 Å². The standard InChI is InChI=1S/C24H25N5S2/c1-17-21(16-31-24-27-20-7-4-10-26-23(20)28-24)25-11-8-22(17)30-14-13-29-12-9-18-5-2-3-6-19(18)15-29/h2-8,10-11H,9,12-16H2,1H3,(H,26,27,28). The van der Waals surface area contributed by atoms with E-state index >= 15 is 0 Å². The van der Waals surface area contributed by atoms with Gasteiger partial charge in [-0.2, -0.15) is 0 Å². The highest BCUT2D eigenvalue weighted by atomic mass is 32.2. The van der Waals surface area contributed by atoms with Gasteiger partial charge in [0.1, 0.15) is 0 Å². The van der Waals surface area contributed by atoms with E-state index in [-0.39, 0.29) is 0 Å². The molecule has 0 aliphatic carbocycles. The third kappa shape index (κ3) is 4.79. The van der Waals surface area contributed by atoms with Crippen molar-refractivity contribution >= 4 is 34.7 Å². The molecular weight excluding hydrogens is 422 g/mol. The van der Waals surface area contributed by atoms with Crippen molar-refractivity contribution in [3.8, 4) is 0 Å². The SMILES string of the molecule is Cc1c(SCCN2CCc3ccccc3C2)ccnc1CSc1nc2ncccc2[nH]1. The lowest BCUT2D eigenvalue weighted by Gasteiger charge is -2.28. The average Bonchev–Trinajstić information content (AvgIpc) is 3.22. The lowest BCUT2D eigenvalue weighted by molar-refractivity contribution is 0.270. The molecule has 0 bridgehead atoms. The average molecular weight is 448 g/mol. The second-order valence-electron chi connectivity index (χ2n) is 7.73. The minimum atomic E-state index is 0.763. The van der Waals surface area contributed by atoms with E-state index < -0.39 is 0 Å². The predicted octanol–water partition coefficient (Wildman–Crippen LogP) is 5.10. The highest BCUT2D eigenvalue weighted by Crippen LogP contribution is 2.28. The van der Waals surface area contributed by atoms with Crippen LogP contribution in [-0.2, 0) is 18.7 Å². The van der Waals surface area contributed by atoms with Gasteiger partial charge in [0.05, 0.1) is 11.2 Å². The van der Waals surface area contributed by atoms with Crippen molar-refractivity contribution in [2.45, 2.75) is 35.7 Å². The van der Waals surface area contributed by atoms with Crippen LogP contribution in [-0.4, -0.2) is 43.7 Å². The number of hydrogen-bond donors (Lipinski definition) is 1. The van der Waals surface area contributed by atoms with Gasteiger partial charge in [0.2, 0.25) is 0 Å². The van der Waals surface area contributed by atoms with E-state index in [1.165, 1.54) is 21.6 Å². The number of benzene rings is 1. The number of aromatic nitrogens is 4. The maximum Gasteiger partial charge on any atom is 0.178 e. The summed E-state index contributed by atoms with van der Waals surface area (Å²) in [5.41, 5.74) is 7.13. The van der Waals surface area contributed by atoms with Crippen LogP contribution in [0.3, 0.4) is 0 Å². The summed E-state index contributed by atoms with van der Waals surface area (Å²) in [4.78, 5) is 20.7. The summed E-state index contributed by atoms with van der Waals surface area (Å²) < 4.78 is 0. The molecular formula is C24H25N5S2. The summed E-state index contributed by atoms with van der Waals surface area (Å²) in [6.07, 6.45) is 4.86. The molecule has 0 radical (unpaired) electrons. The summed E-state index contributed by atoms with van der Waals surface area (Å²) in [5, 5.41) is 0.887. The number of pyridine rings is 2. The van der Waals surface area contributed by atoms with E-state index in [9.17, 15) is 0 Å². The summed E-state index contributed by atoms with van der Waals surface area (Å²) in [7, 11) is 0. The van der Waals surface area contributed by atoms with E-state index in [2.05, 4.69) is 62.1 Å². The lowest BCUT2D eigenvalue weighted by Crippen LogP contribution is -2.32. The Labute approximate surface area is 191 Å². The first-order valence-corrected chi connectivity index (χ1v) is 12.5. The molecule has 3 aromatic heterocycles. The van der Waals surface area contributed by atoms with Gasteiger partial charge in [-0.05, 0) is 48.2 Å². The molecule has 0 saturated carbocycles. The van der Waals surface area contributed by atoms with Crippen LogP contribution in [0.1, 0.15) is 22.4 Å². The Morgan fingerprint density at radius 3 is 2.81 bits per heavy atom. The molecule has 4 aromatic rings. The molecule has 158 valence electrons. The number of imidazole rings is 1. The molecule has 1 aliphatic heterocycles. The van der Waals surface area contributed by atoms with Crippen LogP contribution in [0, 0.1) is 6.92 Å². The van der Waals surface area contributed by atoms with Gasteiger partial charge in [0, 0.05) is 48.4 Å². The van der Waals surface area contributed by atoms with Gasteiger partial charge in [-0.1, -0.05) is 36.0 Å². The number of aromatic amines is 1. The van der Waals surface area contributed by atoms with Crippen LogP contribution in [0.15, 0.2) is 64.9 Å². The Balaban J connectivity index is 1.17. The topological polar surface area (TPSA) is 57.7 Å². The first-order chi connectivity index (χ1) is 15.3. The van der Waals surface area contributed by atoms with Crippen molar-refractivity contribution in [2.24, 2.45) is 0 Å². The number of thioether (sulfide) groups is 2. The van der Waals surface area contributed by atoms with Gasteiger partial charge in [-0.25, -0.2) is 9.97 Å². The van der Waals surface area contributed by atoms with Crippen LogP contribution >= 0.6 is 23.5 Å². The fourth-order valence-corrected chi connectivity index (χ4v) is 5.88. The minimum absolute atomic E-state index is 0.763. The van der Waals surface area contributed by atoms with Crippen molar-refractivity contribution in [3.63, 3.8) is 0 Å². The van der Waals surface area contributed by atoms with Crippen molar-refractivity contribution in [3.05, 3.63) is 77.2 Å². The van der Waals surface area contributed by atoms with E-state index in [1.807, 2.05) is 30.1 Å². The summed E-state index contributed by atoms with van der Waals surface area (Å²) in [6.45, 7) is 5.51. The zero-order valence-electron chi connectivity index (χ0n) is 17.5. The maximum absolute atomic E-state index is 4.63. The zero-order chi connectivity index (χ0) is 21.0. The van der Waals surface area contributed by atoms with E-state index in [4.69, 9.17) is 0 Å². The molecule has 0 spiro atoms. The second kappa shape index (κ2) is 9.42. The first-order valence-electron chi connectivity index (χ1n) is 10.6. The Kier molecular flexibility index (Phi) is 6.25. The van der Waals surface area contributed by atoms with Gasteiger partial charge >= 0.3 is 0 Å². The summed E-state index contributed by atoms with van der Waals surface area (Å²) >= 11 is 3.61. The smallest absolute Gasteiger partial charge is 0.178 e. The van der Waals surface area contributed by atoms with E-state index in [0.29, 0.717) is 0 Å². The minimum Gasteiger partial charge on any atom is -0.332 e. The quantitative estimate of drug-likeness (QED) is 0.398. The van der Waals surface area contributed by atoms with Gasteiger partial charge in [-0.15, -0.1) is 11.8 Å². The molecule has 1 aliphatic rings. The molecule has 0 amide bonds. The van der Waals surface area contributed by atoms with E-state index in [1.54, 1.807) is 18.0 Å². The molecule has 0 saturated heterocycles. The number of nitrogens with zero attached hydrogens (tertiary/aromatic N) is 4. The Bertz CT molecular complexity index is 1160. The maximum atomic E-state index is 4.63. The molecule has 7 heteroatoms. The van der Waals surface area contributed by atoms with Crippen molar-refractivity contribution in [1.29, 1.82) is 0 Å². The number of hydrogen-bond acceptors (Lipinski definition) is 6. The molecule has 1 aromatic carbocycles. The first kappa shape index (κ1) is 20.5. The fraction of sp³-hybridized carbons (Fsp3) is 0.292. The Hall–Kier alpha value is -2.35.